The van der Waals surface area contributed by atoms with Gasteiger partial charge in [-0.25, -0.2) is 9.18 Å². The van der Waals surface area contributed by atoms with Crippen LogP contribution in [-0.2, 0) is 11.3 Å². The van der Waals surface area contributed by atoms with Gasteiger partial charge in [0.05, 0.1) is 18.8 Å². The van der Waals surface area contributed by atoms with Gasteiger partial charge in [-0.1, -0.05) is 0 Å². The van der Waals surface area contributed by atoms with Crippen molar-refractivity contribution in [3.8, 4) is 11.5 Å². The van der Waals surface area contributed by atoms with Crippen LogP contribution in [0.3, 0.4) is 0 Å². The van der Waals surface area contributed by atoms with E-state index in [-0.39, 0.29) is 30.1 Å². The van der Waals surface area contributed by atoms with Gasteiger partial charge in [-0.05, 0) is 42.5 Å². The molecule has 1 aromatic heterocycles. The fraction of sp³-hybridized carbons (Fsp3) is 0.200. The molecule has 4 rings (SSSR count). The average molecular weight is 411 g/mol. The van der Waals surface area contributed by atoms with Crippen molar-refractivity contribution in [2.24, 2.45) is 0 Å². The summed E-state index contributed by atoms with van der Waals surface area (Å²) in [5, 5.41) is 2.89. The number of aromatic nitrogens is 3. The predicted octanol–water partition coefficient (Wildman–Crippen LogP) is 2.85. The molecular formula is C20H18FN5O4. The van der Waals surface area contributed by atoms with Crippen LogP contribution in [0.25, 0.3) is 0 Å². The summed E-state index contributed by atoms with van der Waals surface area (Å²) < 4.78 is 29.5. The summed E-state index contributed by atoms with van der Waals surface area (Å²) in [7, 11) is 0. The van der Waals surface area contributed by atoms with Gasteiger partial charge in [0.15, 0.2) is 23.9 Å². The summed E-state index contributed by atoms with van der Waals surface area (Å²) in [6.07, 6.45) is 0.767. The van der Waals surface area contributed by atoms with Crippen molar-refractivity contribution in [2.45, 2.75) is 13.0 Å². The van der Waals surface area contributed by atoms with E-state index in [4.69, 9.17) is 19.9 Å². The first-order valence-electron chi connectivity index (χ1n) is 9.16. The SMILES string of the molecule is Nc1nc(COC(=O)c2ccc3c(c2)OCCCO3)nc(Nc2ccc(F)cc2)n1. The van der Waals surface area contributed by atoms with E-state index in [9.17, 15) is 9.18 Å². The molecule has 2 aromatic carbocycles. The number of rotatable bonds is 5. The summed E-state index contributed by atoms with van der Waals surface area (Å²) in [4.78, 5) is 24.5. The molecule has 30 heavy (non-hydrogen) atoms. The number of anilines is 3. The number of esters is 1. The Morgan fingerprint density at radius 2 is 1.83 bits per heavy atom. The Labute approximate surface area is 171 Å². The second kappa shape index (κ2) is 8.60. The van der Waals surface area contributed by atoms with Crippen LogP contribution in [0.1, 0.15) is 22.6 Å². The fourth-order valence-electron chi connectivity index (χ4n) is 2.72. The van der Waals surface area contributed by atoms with Gasteiger partial charge in [0, 0.05) is 12.1 Å². The summed E-state index contributed by atoms with van der Waals surface area (Å²) in [5.41, 5.74) is 6.59. The standard InChI is InChI=1S/C20H18FN5O4/c21-13-3-5-14(6-4-13)23-20-25-17(24-19(22)26-20)11-30-18(27)12-2-7-15-16(10-12)29-9-1-8-28-15/h2-7,10H,1,8-9,11H2,(H3,22,23,24,25,26). The molecule has 3 aromatic rings. The zero-order valence-corrected chi connectivity index (χ0v) is 15.8. The van der Waals surface area contributed by atoms with Crippen molar-refractivity contribution < 1.29 is 23.4 Å². The van der Waals surface area contributed by atoms with Crippen LogP contribution < -0.4 is 20.5 Å². The van der Waals surface area contributed by atoms with Crippen LogP contribution in [0.5, 0.6) is 11.5 Å². The Bertz CT molecular complexity index is 1060. The van der Waals surface area contributed by atoms with Crippen molar-refractivity contribution in [3.05, 3.63) is 59.7 Å². The highest BCUT2D eigenvalue weighted by Gasteiger charge is 2.16. The lowest BCUT2D eigenvalue weighted by Crippen LogP contribution is -2.11. The Kier molecular flexibility index (Phi) is 5.55. The van der Waals surface area contributed by atoms with E-state index < -0.39 is 5.97 Å². The second-order valence-electron chi connectivity index (χ2n) is 6.35. The van der Waals surface area contributed by atoms with E-state index >= 15 is 0 Å². The molecule has 0 fully saturated rings. The number of nitrogens with one attached hydrogen (secondary N) is 1. The molecule has 0 aliphatic carbocycles. The topological polar surface area (TPSA) is 121 Å². The summed E-state index contributed by atoms with van der Waals surface area (Å²) in [6, 6.07) is 10.5. The second-order valence-corrected chi connectivity index (χ2v) is 6.35. The van der Waals surface area contributed by atoms with Gasteiger partial charge in [-0.3, -0.25) is 0 Å². The molecule has 0 saturated heterocycles. The lowest BCUT2D eigenvalue weighted by molar-refractivity contribution is 0.0461. The molecule has 0 spiro atoms. The van der Waals surface area contributed by atoms with Gasteiger partial charge in [0.1, 0.15) is 5.82 Å². The maximum absolute atomic E-state index is 13.0. The number of hydrogen-bond acceptors (Lipinski definition) is 9. The van der Waals surface area contributed by atoms with Gasteiger partial charge >= 0.3 is 5.97 Å². The number of nitrogen functional groups attached to an aromatic ring is 1. The third-order valence-corrected chi connectivity index (χ3v) is 4.11. The lowest BCUT2D eigenvalue weighted by Gasteiger charge is -2.10. The summed E-state index contributed by atoms with van der Waals surface area (Å²) in [6.45, 7) is 0.865. The molecule has 1 aliphatic rings. The molecule has 0 atom stereocenters. The van der Waals surface area contributed by atoms with Gasteiger partial charge < -0.3 is 25.3 Å². The molecule has 0 unspecified atom stereocenters. The molecule has 10 heteroatoms. The third kappa shape index (κ3) is 4.72. The number of fused-ring (bicyclic) bond motifs is 1. The molecular weight excluding hydrogens is 393 g/mol. The van der Waals surface area contributed by atoms with Crippen LogP contribution >= 0.6 is 0 Å². The van der Waals surface area contributed by atoms with Gasteiger partial charge in [0.25, 0.3) is 0 Å². The smallest absolute Gasteiger partial charge is 0.338 e. The quantitative estimate of drug-likeness (QED) is 0.610. The number of halogens is 1. The first-order valence-corrected chi connectivity index (χ1v) is 9.16. The predicted molar refractivity (Wildman–Crippen MR) is 105 cm³/mol. The molecule has 154 valence electrons. The molecule has 9 nitrogen and oxygen atoms in total. The molecule has 0 bridgehead atoms. The normalized spacial score (nSPS) is 12.7. The molecule has 3 N–H and O–H groups in total. The summed E-state index contributed by atoms with van der Waals surface area (Å²) in [5.74, 6) is 0.417. The van der Waals surface area contributed by atoms with Crippen molar-refractivity contribution in [1.29, 1.82) is 0 Å². The largest absolute Gasteiger partial charge is 0.490 e. The minimum absolute atomic E-state index is 0.0451. The Morgan fingerprint density at radius 3 is 2.63 bits per heavy atom. The van der Waals surface area contributed by atoms with E-state index in [0.717, 1.165) is 6.42 Å². The van der Waals surface area contributed by atoms with Crippen LogP contribution in [0.4, 0.5) is 22.0 Å². The summed E-state index contributed by atoms with van der Waals surface area (Å²) >= 11 is 0. The number of ether oxygens (including phenoxy) is 3. The zero-order valence-electron chi connectivity index (χ0n) is 15.8. The van der Waals surface area contributed by atoms with Crippen LogP contribution in [0.15, 0.2) is 42.5 Å². The Morgan fingerprint density at radius 1 is 1.07 bits per heavy atom. The molecule has 0 amide bonds. The number of carbonyl (C=O) groups is 1. The van der Waals surface area contributed by atoms with E-state index in [1.807, 2.05) is 0 Å². The van der Waals surface area contributed by atoms with Crippen LogP contribution in [0, 0.1) is 5.82 Å². The van der Waals surface area contributed by atoms with E-state index in [1.54, 1.807) is 18.2 Å². The molecule has 0 saturated carbocycles. The maximum atomic E-state index is 13.0. The number of nitrogens with two attached hydrogens (primary N) is 1. The monoisotopic (exact) mass is 411 g/mol. The first kappa shape index (κ1) is 19.4. The van der Waals surface area contributed by atoms with Crippen molar-refractivity contribution in [3.63, 3.8) is 0 Å². The van der Waals surface area contributed by atoms with E-state index in [1.165, 1.54) is 24.3 Å². The maximum Gasteiger partial charge on any atom is 0.338 e. The Hall–Kier alpha value is -3.95. The number of carbonyl (C=O) groups excluding carboxylic acids is 1. The Balaban J connectivity index is 1.43. The third-order valence-electron chi connectivity index (χ3n) is 4.11. The van der Waals surface area contributed by atoms with Crippen LogP contribution in [0.2, 0.25) is 0 Å². The molecule has 0 radical (unpaired) electrons. The van der Waals surface area contributed by atoms with Gasteiger partial charge in [-0.2, -0.15) is 15.0 Å². The highest BCUT2D eigenvalue weighted by Crippen LogP contribution is 2.30. The number of benzene rings is 2. The highest BCUT2D eigenvalue weighted by atomic mass is 19.1. The minimum Gasteiger partial charge on any atom is -0.490 e. The van der Waals surface area contributed by atoms with E-state index in [0.29, 0.717) is 36.0 Å². The van der Waals surface area contributed by atoms with E-state index in [2.05, 4.69) is 20.3 Å². The highest BCUT2D eigenvalue weighted by molar-refractivity contribution is 5.90. The number of nitrogens with zero attached hydrogens (tertiary/aromatic N) is 3. The van der Waals surface area contributed by atoms with Crippen molar-refractivity contribution in [2.75, 3.05) is 24.3 Å². The average Bonchev–Trinajstić information content (AvgIpc) is 2.98. The van der Waals surface area contributed by atoms with Crippen LogP contribution in [-0.4, -0.2) is 34.1 Å². The first-order chi connectivity index (χ1) is 14.6. The lowest BCUT2D eigenvalue weighted by atomic mass is 10.2. The minimum atomic E-state index is -0.572. The van der Waals surface area contributed by atoms with Crippen molar-refractivity contribution in [1.82, 2.24) is 15.0 Å². The fourth-order valence-corrected chi connectivity index (χ4v) is 2.72. The van der Waals surface area contributed by atoms with Gasteiger partial charge in [-0.15, -0.1) is 0 Å². The molecule has 2 heterocycles. The zero-order chi connectivity index (χ0) is 20.9. The number of hydrogen-bond donors (Lipinski definition) is 2. The van der Waals surface area contributed by atoms with Gasteiger partial charge in [0.2, 0.25) is 11.9 Å². The van der Waals surface area contributed by atoms with Crippen molar-refractivity contribution >= 4 is 23.6 Å². The molecule has 1 aliphatic heterocycles.